The molecule has 0 aliphatic carbocycles. The summed E-state index contributed by atoms with van der Waals surface area (Å²) in [5.41, 5.74) is 0.389. The lowest BCUT2D eigenvalue weighted by atomic mass is 10.1. The van der Waals surface area contributed by atoms with Crippen LogP contribution in [0.2, 0.25) is 0 Å². The monoisotopic (exact) mass is 167 g/mol. The van der Waals surface area contributed by atoms with Crippen molar-refractivity contribution in [3.63, 3.8) is 0 Å². The zero-order valence-corrected chi connectivity index (χ0v) is 7.46. The fourth-order valence-electron chi connectivity index (χ4n) is 0.516. The van der Waals surface area contributed by atoms with Crippen LogP contribution in [0.1, 0.15) is 20.3 Å². The quantitative estimate of drug-likeness (QED) is 0.472. The van der Waals surface area contributed by atoms with Gasteiger partial charge in [0, 0.05) is 11.5 Å². The molecule has 0 N–H and O–H groups in total. The highest BCUT2D eigenvalue weighted by Gasteiger charge is 2.04. The van der Waals surface area contributed by atoms with Crippen LogP contribution in [0.25, 0.3) is 0 Å². The second-order valence-electron chi connectivity index (χ2n) is 2.74. The molecule has 0 saturated heterocycles. The van der Waals surface area contributed by atoms with E-state index in [9.17, 15) is 4.79 Å². The Morgan fingerprint density at radius 1 is 1.75 bits per heavy atom. The maximum absolute atomic E-state index is 10.8. The zero-order chi connectivity index (χ0) is 9.56. The summed E-state index contributed by atoms with van der Waals surface area (Å²) in [4.78, 5) is 10.8. The molecule has 1 atom stereocenters. The van der Waals surface area contributed by atoms with Crippen LogP contribution in [-0.2, 0) is 9.53 Å². The van der Waals surface area contributed by atoms with E-state index in [0.717, 1.165) is 0 Å². The molecular formula is C9H13NO2. The van der Waals surface area contributed by atoms with E-state index >= 15 is 0 Å². The van der Waals surface area contributed by atoms with E-state index < -0.39 is 0 Å². The van der Waals surface area contributed by atoms with Gasteiger partial charge in [-0.3, -0.25) is 0 Å². The van der Waals surface area contributed by atoms with Gasteiger partial charge >= 0.3 is 5.97 Å². The first-order valence-electron chi connectivity index (χ1n) is 3.80. The van der Waals surface area contributed by atoms with Gasteiger partial charge in [0.05, 0.1) is 12.7 Å². The number of carbonyl (C=O) groups is 1. The molecule has 3 heteroatoms. The third-order valence-corrected chi connectivity index (χ3v) is 1.35. The molecule has 0 heterocycles. The van der Waals surface area contributed by atoms with Crippen LogP contribution >= 0.6 is 0 Å². The van der Waals surface area contributed by atoms with Crippen LogP contribution in [-0.4, -0.2) is 12.6 Å². The summed E-state index contributed by atoms with van der Waals surface area (Å²) in [6, 6.07) is 2.05. The van der Waals surface area contributed by atoms with E-state index in [4.69, 9.17) is 10.00 Å². The van der Waals surface area contributed by atoms with Gasteiger partial charge in [0.1, 0.15) is 0 Å². The van der Waals surface area contributed by atoms with Gasteiger partial charge in [0.25, 0.3) is 0 Å². The SMILES string of the molecule is C=C(C)C(=O)OCCC(C)C#N. The van der Waals surface area contributed by atoms with Crippen LogP contribution in [0.15, 0.2) is 12.2 Å². The molecule has 3 nitrogen and oxygen atoms in total. The lowest BCUT2D eigenvalue weighted by Crippen LogP contribution is -2.08. The van der Waals surface area contributed by atoms with Gasteiger partial charge in [0.2, 0.25) is 0 Å². The lowest BCUT2D eigenvalue weighted by Gasteiger charge is -2.04. The fourth-order valence-corrected chi connectivity index (χ4v) is 0.516. The van der Waals surface area contributed by atoms with E-state index in [0.29, 0.717) is 18.6 Å². The molecule has 0 bridgehead atoms. The molecule has 0 aliphatic rings. The molecule has 0 rings (SSSR count). The maximum Gasteiger partial charge on any atom is 0.333 e. The van der Waals surface area contributed by atoms with Crippen LogP contribution in [0.4, 0.5) is 0 Å². The Hall–Kier alpha value is -1.30. The van der Waals surface area contributed by atoms with E-state index in [2.05, 4.69) is 12.6 Å². The smallest absolute Gasteiger partial charge is 0.333 e. The molecule has 0 aromatic heterocycles. The second kappa shape index (κ2) is 5.36. The van der Waals surface area contributed by atoms with Crippen molar-refractivity contribution in [1.29, 1.82) is 5.26 Å². The number of esters is 1. The standard InChI is InChI=1S/C9H13NO2/c1-7(2)9(11)12-5-4-8(3)6-10/h8H,1,4-5H2,2-3H3. The molecule has 0 radical (unpaired) electrons. The number of rotatable bonds is 4. The van der Waals surface area contributed by atoms with Crippen molar-refractivity contribution in [3.05, 3.63) is 12.2 Å². The third kappa shape index (κ3) is 4.51. The average Bonchev–Trinajstić information content (AvgIpc) is 2.03. The van der Waals surface area contributed by atoms with Crippen molar-refractivity contribution in [3.8, 4) is 6.07 Å². The number of hydrogen-bond donors (Lipinski definition) is 0. The van der Waals surface area contributed by atoms with Crippen molar-refractivity contribution in [2.45, 2.75) is 20.3 Å². The first-order valence-corrected chi connectivity index (χ1v) is 3.80. The fraction of sp³-hybridized carbons (Fsp3) is 0.556. The summed E-state index contributed by atoms with van der Waals surface area (Å²) in [5.74, 6) is -0.455. The van der Waals surface area contributed by atoms with Crippen LogP contribution in [0.3, 0.4) is 0 Å². The molecule has 0 spiro atoms. The molecule has 0 aliphatic heterocycles. The summed E-state index contributed by atoms with van der Waals surface area (Å²) < 4.78 is 4.79. The van der Waals surface area contributed by atoms with E-state index in [-0.39, 0.29) is 11.9 Å². The highest BCUT2D eigenvalue weighted by Crippen LogP contribution is 2.00. The predicted octanol–water partition coefficient (Wildman–Crippen LogP) is 1.66. The van der Waals surface area contributed by atoms with Gasteiger partial charge < -0.3 is 4.74 Å². The molecule has 0 saturated carbocycles. The highest BCUT2D eigenvalue weighted by molar-refractivity contribution is 5.86. The maximum atomic E-state index is 10.8. The summed E-state index contributed by atoms with van der Waals surface area (Å²) in [5, 5.41) is 8.40. The Morgan fingerprint density at radius 3 is 2.75 bits per heavy atom. The van der Waals surface area contributed by atoms with Crippen molar-refractivity contribution < 1.29 is 9.53 Å². The number of hydrogen-bond acceptors (Lipinski definition) is 3. The second-order valence-corrected chi connectivity index (χ2v) is 2.74. The Labute approximate surface area is 72.6 Å². The van der Waals surface area contributed by atoms with Gasteiger partial charge in [-0.25, -0.2) is 4.79 Å². The normalized spacial score (nSPS) is 11.4. The first kappa shape index (κ1) is 10.7. The minimum absolute atomic E-state index is 0.0667. The van der Waals surface area contributed by atoms with Crippen molar-refractivity contribution in [2.24, 2.45) is 5.92 Å². The van der Waals surface area contributed by atoms with Crippen LogP contribution in [0, 0.1) is 17.2 Å². The Balaban J connectivity index is 3.52. The van der Waals surface area contributed by atoms with Crippen molar-refractivity contribution >= 4 is 5.97 Å². The zero-order valence-electron chi connectivity index (χ0n) is 7.46. The Bertz CT molecular complexity index is 215. The highest BCUT2D eigenvalue weighted by atomic mass is 16.5. The van der Waals surface area contributed by atoms with Crippen LogP contribution in [0.5, 0.6) is 0 Å². The Morgan fingerprint density at radius 2 is 2.33 bits per heavy atom. The third-order valence-electron chi connectivity index (χ3n) is 1.35. The molecule has 0 fully saturated rings. The average molecular weight is 167 g/mol. The minimum atomic E-state index is -0.389. The Kier molecular flexibility index (Phi) is 4.78. The molecule has 66 valence electrons. The van der Waals surface area contributed by atoms with E-state index in [1.54, 1.807) is 13.8 Å². The molecule has 0 aromatic rings. The van der Waals surface area contributed by atoms with E-state index in [1.165, 1.54) is 0 Å². The topological polar surface area (TPSA) is 50.1 Å². The lowest BCUT2D eigenvalue weighted by molar-refractivity contribution is -0.139. The summed E-state index contributed by atoms with van der Waals surface area (Å²) in [6.45, 7) is 7.11. The van der Waals surface area contributed by atoms with E-state index in [1.807, 2.05) is 0 Å². The van der Waals surface area contributed by atoms with Gasteiger partial charge in [-0.15, -0.1) is 0 Å². The van der Waals surface area contributed by atoms with Crippen molar-refractivity contribution in [1.82, 2.24) is 0 Å². The molecule has 0 amide bonds. The van der Waals surface area contributed by atoms with Gasteiger partial charge in [-0.1, -0.05) is 6.58 Å². The number of nitrogens with zero attached hydrogens (tertiary/aromatic N) is 1. The minimum Gasteiger partial charge on any atom is -0.462 e. The largest absolute Gasteiger partial charge is 0.462 e. The summed E-state index contributed by atoms with van der Waals surface area (Å²) in [6.07, 6.45) is 0.579. The van der Waals surface area contributed by atoms with Gasteiger partial charge in [0.15, 0.2) is 0 Å². The molecule has 0 aromatic carbocycles. The molecule has 12 heavy (non-hydrogen) atoms. The molecular weight excluding hydrogens is 154 g/mol. The number of ether oxygens (including phenoxy) is 1. The number of carbonyl (C=O) groups excluding carboxylic acids is 1. The number of nitriles is 1. The van der Waals surface area contributed by atoms with Crippen molar-refractivity contribution in [2.75, 3.05) is 6.61 Å². The predicted molar refractivity (Wildman–Crippen MR) is 45.2 cm³/mol. The summed E-state index contributed by atoms with van der Waals surface area (Å²) >= 11 is 0. The molecule has 1 unspecified atom stereocenters. The van der Waals surface area contributed by atoms with Gasteiger partial charge in [-0.05, 0) is 20.3 Å². The van der Waals surface area contributed by atoms with Crippen LogP contribution < -0.4 is 0 Å². The van der Waals surface area contributed by atoms with Gasteiger partial charge in [-0.2, -0.15) is 5.26 Å². The summed E-state index contributed by atoms with van der Waals surface area (Å²) in [7, 11) is 0. The first-order chi connectivity index (χ1) is 5.57.